The summed E-state index contributed by atoms with van der Waals surface area (Å²) in [5.74, 6) is -0.779. The second-order valence-corrected chi connectivity index (χ2v) is 5.00. The maximum Gasteiger partial charge on any atom is 0.340 e. The number of nitrogens with zero attached hydrogens (tertiary/aromatic N) is 1. The highest BCUT2D eigenvalue weighted by molar-refractivity contribution is 6.02. The molecule has 0 spiro atoms. The molecule has 0 saturated heterocycles. The first-order valence-electron chi connectivity index (χ1n) is 7.47. The molecule has 2 aromatic carbocycles. The van der Waals surface area contributed by atoms with Crippen LogP contribution in [-0.4, -0.2) is 44.5 Å². The van der Waals surface area contributed by atoms with Crippen LogP contribution in [-0.2, 0) is 0 Å². The Morgan fingerprint density at radius 3 is 2.46 bits per heavy atom. The molecule has 0 atom stereocenters. The molecule has 136 valence electrons. The summed E-state index contributed by atoms with van der Waals surface area (Å²) >= 11 is 0. The minimum Gasteiger partial charge on any atom is -0.497 e. The highest BCUT2D eigenvalue weighted by Crippen LogP contribution is 2.32. The first-order valence-corrected chi connectivity index (χ1v) is 7.47. The molecular weight excluding hydrogens is 340 g/mol. The van der Waals surface area contributed by atoms with Crippen LogP contribution in [0.3, 0.4) is 0 Å². The molecule has 0 aliphatic carbocycles. The van der Waals surface area contributed by atoms with Gasteiger partial charge >= 0.3 is 5.97 Å². The number of carboxylic acid groups (broad SMARTS) is 1. The number of carbonyl (C=O) groups excluding carboxylic acids is 1. The largest absolute Gasteiger partial charge is 0.497 e. The van der Waals surface area contributed by atoms with Gasteiger partial charge < -0.3 is 19.3 Å². The maximum atomic E-state index is 12.1. The van der Waals surface area contributed by atoms with Crippen molar-refractivity contribution in [3.8, 4) is 17.2 Å². The molecule has 0 saturated carbocycles. The van der Waals surface area contributed by atoms with Gasteiger partial charge in [-0.3, -0.25) is 4.79 Å². The Kier molecular flexibility index (Phi) is 6.15. The third kappa shape index (κ3) is 4.10. The highest BCUT2D eigenvalue weighted by Gasteiger charge is 2.20. The number of rotatable bonds is 7. The molecule has 0 aromatic heterocycles. The third-order valence-corrected chi connectivity index (χ3v) is 3.49. The summed E-state index contributed by atoms with van der Waals surface area (Å²) in [6.07, 6.45) is 1.23. The Balaban J connectivity index is 2.24. The van der Waals surface area contributed by atoms with Crippen molar-refractivity contribution >= 4 is 18.1 Å². The fraction of sp³-hybridized carbons (Fsp3) is 0.167. The predicted molar refractivity (Wildman–Crippen MR) is 94.6 cm³/mol. The summed E-state index contributed by atoms with van der Waals surface area (Å²) in [5, 5.41) is 13.3. The first kappa shape index (κ1) is 18.8. The van der Waals surface area contributed by atoms with Crippen LogP contribution in [0.1, 0.15) is 26.3 Å². The lowest BCUT2D eigenvalue weighted by Crippen LogP contribution is -2.18. The molecule has 2 aromatic rings. The lowest BCUT2D eigenvalue weighted by molar-refractivity contribution is 0.0692. The SMILES string of the molecule is COc1cccc(C(=O)N/N=C\c2ccc(OC)c(OC)c2C(=O)O)c1. The van der Waals surface area contributed by atoms with Crippen LogP contribution in [0.25, 0.3) is 0 Å². The van der Waals surface area contributed by atoms with Gasteiger partial charge in [-0.15, -0.1) is 0 Å². The number of amides is 1. The van der Waals surface area contributed by atoms with Crippen molar-refractivity contribution in [3.63, 3.8) is 0 Å². The minimum absolute atomic E-state index is 0.0723. The van der Waals surface area contributed by atoms with Crippen LogP contribution in [0.2, 0.25) is 0 Å². The molecule has 0 fully saturated rings. The lowest BCUT2D eigenvalue weighted by Gasteiger charge is -2.12. The quantitative estimate of drug-likeness (QED) is 0.580. The van der Waals surface area contributed by atoms with E-state index in [1.54, 1.807) is 30.3 Å². The number of nitrogens with one attached hydrogen (secondary N) is 1. The van der Waals surface area contributed by atoms with E-state index in [1.165, 1.54) is 33.6 Å². The molecule has 8 heteroatoms. The van der Waals surface area contributed by atoms with Crippen LogP contribution in [0, 0.1) is 0 Å². The van der Waals surface area contributed by atoms with Crippen LogP contribution in [0.5, 0.6) is 17.2 Å². The Bertz CT molecular complexity index is 848. The Labute approximate surface area is 150 Å². The second kappa shape index (κ2) is 8.52. The molecule has 0 aliphatic rings. The molecule has 8 nitrogen and oxygen atoms in total. The molecule has 1 amide bonds. The molecular formula is C18H18N2O6. The van der Waals surface area contributed by atoms with E-state index in [-0.39, 0.29) is 22.6 Å². The monoisotopic (exact) mass is 358 g/mol. The van der Waals surface area contributed by atoms with Gasteiger partial charge in [0.05, 0.1) is 27.5 Å². The average molecular weight is 358 g/mol. The number of hydrogen-bond donors (Lipinski definition) is 2. The van der Waals surface area contributed by atoms with E-state index in [4.69, 9.17) is 14.2 Å². The van der Waals surface area contributed by atoms with E-state index in [0.29, 0.717) is 11.3 Å². The fourth-order valence-electron chi connectivity index (χ4n) is 2.26. The number of aromatic carboxylic acids is 1. The zero-order chi connectivity index (χ0) is 19.1. The van der Waals surface area contributed by atoms with Crippen LogP contribution < -0.4 is 19.6 Å². The Morgan fingerprint density at radius 2 is 1.85 bits per heavy atom. The minimum atomic E-state index is -1.21. The number of methoxy groups -OCH3 is 3. The summed E-state index contributed by atoms with van der Waals surface area (Å²) in [4.78, 5) is 23.7. The van der Waals surface area contributed by atoms with E-state index in [2.05, 4.69) is 10.5 Å². The van der Waals surface area contributed by atoms with Gasteiger partial charge in [0.1, 0.15) is 11.3 Å². The van der Waals surface area contributed by atoms with Crippen molar-refractivity contribution in [2.45, 2.75) is 0 Å². The van der Waals surface area contributed by atoms with E-state index in [0.717, 1.165) is 0 Å². The fourth-order valence-corrected chi connectivity index (χ4v) is 2.26. The standard InChI is InChI=1S/C18H18N2O6/c1-24-13-6-4-5-11(9-13)17(21)20-19-10-12-7-8-14(25-2)16(26-3)15(12)18(22)23/h4-10H,1-3H3,(H,20,21)(H,22,23)/b19-10-. The van der Waals surface area contributed by atoms with Gasteiger partial charge in [0, 0.05) is 11.1 Å². The van der Waals surface area contributed by atoms with Crippen LogP contribution >= 0.6 is 0 Å². The number of hydrogen-bond acceptors (Lipinski definition) is 6. The van der Waals surface area contributed by atoms with Gasteiger partial charge in [0.15, 0.2) is 11.5 Å². The summed E-state index contributed by atoms with van der Waals surface area (Å²) in [7, 11) is 4.25. The molecule has 26 heavy (non-hydrogen) atoms. The summed E-state index contributed by atoms with van der Waals surface area (Å²) in [5.41, 5.74) is 2.83. The van der Waals surface area contributed by atoms with Crippen molar-refractivity contribution in [2.24, 2.45) is 5.10 Å². The number of hydrazone groups is 1. The molecule has 0 heterocycles. The van der Waals surface area contributed by atoms with Gasteiger partial charge in [-0.25, -0.2) is 10.2 Å². The zero-order valence-electron chi connectivity index (χ0n) is 14.5. The topological polar surface area (TPSA) is 106 Å². The van der Waals surface area contributed by atoms with Crippen molar-refractivity contribution in [1.82, 2.24) is 5.43 Å². The average Bonchev–Trinajstić information content (AvgIpc) is 2.66. The summed E-state index contributed by atoms with van der Waals surface area (Å²) in [6.45, 7) is 0. The number of ether oxygens (including phenoxy) is 3. The van der Waals surface area contributed by atoms with E-state index in [1.807, 2.05) is 0 Å². The van der Waals surface area contributed by atoms with Crippen LogP contribution in [0.15, 0.2) is 41.5 Å². The van der Waals surface area contributed by atoms with Gasteiger partial charge in [0.25, 0.3) is 5.91 Å². The third-order valence-electron chi connectivity index (χ3n) is 3.49. The lowest BCUT2D eigenvalue weighted by atomic mass is 10.1. The molecule has 2 N–H and O–H groups in total. The van der Waals surface area contributed by atoms with Gasteiger partial charge in [-0.05, 0) is 30.3 Å². The molecule has 0 aliphatic heterocycles. The maximum absolute atomic E-state index is 12.1. The van der Waals surface area contributed by atoms with Crippen LogP contribution in [0.4, 0.5) is 0 Å². The van der Waals surface area contributed by atoms with Gasteiger partial charge in [0.2, 0.25) is 0 Å². The first-order chi connectivity index (χ1) is 12.5. The Hall–Kier alpha value is -3.55. The molecule has 0 bridgehead atoms. The Morgan fingerprint density at radius 1 is 1.08 bits per heavy atom. The van der Waals surface area contributed by atoms with Crippen molar-refractivity contribution in [3.05, 3.63) is 53.1 Å². The molecule has 0 radical (unpaired) electrons. The van der Waals surface area contributed by atoms with Crippen molar-refractivity contribution in [2.75, 3.05) is 21.3 Å². The second-order valence-electron chi connectivity index (χ2n) is 5.00. The van der Waals surface area contributed by atoms with E-state index < -0.39 is 11.9 Å². The molecule has 0 unspecified atom stereocenters. The van der Waals surface area contributed by atoms with Crippen molar-refractivity contribution in [1.29, 1.82) is 0 Å². The van der Waals surface area contributed by atoms with Gasteiger partial charge in [-0.1, -0.05) is 6.07 Å². The number of carboxylic acids is 1. The zero-order valence-corrected chi connectivity index (χ0v) is 14.5. The van der Waals surface area contributed by atoms with E-state index >= 15 is 0 Å². The van der Waals surface area contributed by atoms with E-state index in [9.17, 15) is 14.7 Å². The molecule has 2 rings (SSSR count). The smallest absolute Gasteiger partial charge is 0.340 e. The highest BCUT2D eigenvalue weighted by atomic mass is 16.5. The summed E-state index contributed by atoms with van der Waals surface area (Å²) in [6, 6.07) is 9.61. The number of benzene rings is 2. The number of carbonyl (C=O) groups is 2. The normalized spacial score (nSPS) is 10.4. The van der Waals surface area contributed by atoms with Gasteiger partial charge in [-0.2, -0.15) is 5.10 Å². The summed E-state index contributed by atoms with van der Waals surface area (Å²) < 4.78 is 15.3. The van der Waals surface area contributed by atoms with Crippen molar-refractivity contribution < 1.29 is 28.9 Å². The predicted octanol–water partition coefficient (Wildman–Crippen LogP) is 2.17.